The number of carbonyl (C=O) groups is 1. The molecule has 0 saturated heterocycles. The molecule has 114 valence electrons. The molecule has 0 aliphatic rings. The van der Waals surface area contributed by atoms with Crippen molar-refractivity contribution in [3.8, 4) is 0 Å². The number of imidazole rings is 1. The van der Waals surface area contributed by atoms with Crippen LogP contribution in [0.4, 0.5) is 5.82 Å². The second-order valence-electron chi connectivity index (χ2n) is 5.23. The minimum atomic E-state index is -3.28. The Labute approximate surface area is 119 Å². The van der Waals surface area contributed by atoms with Crippen molar-refractivity contribution >= 4 is 21.6 Å². The molecule has 0 saturated carbocycles. The van der Waals surface area contributed by atoms with E-state index >= 15 is 0 Å². The average Bonchev–Trinajstić information content (AvgIpc) is 2.64. The summed E-state index contributed by atoms with van der Waals surface area (Å²) in [7, 11) is -2.04. The van der Waals surface area contributed by atoms with Gasteiger partial charge in [-0.15, -0.1) is 0 Å². The smallest absolute Gasteiger partial charge is 0.360 e. The number of nitrogens with two attached hydrogens (primary N) is 1. The highest BCUT2D eigenvalue weighted by Crippen LogP contribution is 2.24. The molecular formula is C12H21N3O4S. The van der Waals surface area contributed by atoms with Crippen molar-refractivity contribution in [3.05, 3.63) is 11.5 Å². The molecule has 1 aromatic heterocycles. The highest BCUT2D eigenvalue weighted by atomic mass is 32.2. The molecule has 7 nitrogen and oxygen atoms in total. The first-order valence-corrected chi connectivity index (χ1v) is 8.07. The van der Waals surface area contributed by atoms with Gasteiger partial charge in [0, 0.05) is 19.2 Å². The lowest BCUT2D eigenvalue weighted by Crippen LogP contribution is -2.36. The molecule has 0 aromatic carbocycles. The number of esters is 1. The zero-order valence-electron chi connectivity index (χ0n) is 12.4. The summed E-state index contributed by atoms with van der Waals surface area (Å²) in [4.78, 5) is 15.7. The topological polar surface area (TPSA) is 104 Å². The van der Waals surface area contributed by atoms with Gasteiger partial charge in [0.25, 0.3) is 0 Å². The zero-order chi connectivity index (χ0) is 15.7. The molecule has 0 spiro atoms. The van der Waals surface area contributed by atoms with E-state index in [-0.39, 0.29) is 18.1 Å². The fraction of sp³-hybridized carbons (Fsp3) is 0.667. The molecule has 0 radical (unpaired) electrons. The highest BCUT2D eigenvalue weighted by molar-refractivity contribution is 7.92. The first-order valence-electron chi connectivity index (χ1n) is 6.18. The first kappa shape index (κ1) is 16.5. The Morgan fingerprint density at radius 2 is 2.00 bits per heavy atom. The molecule has 1 rings (SSSR count). The molecule has 1 aromatic rings. The third-order valence-electron chi connectivity index (χ3n) is 3.32. The molecule has 0 bridgehead atoms. The van der Waals surface area contributed by atoms with Crippen molar-refractivity contribution < 1.29 is 17.9 Å². The number of carbonyl (C=O) groups excluding carboxylic acids is 1. The first-order chi connectivity index (χ1) is 9.05. The van der Waals surface area contributed by atoms with Crippen LogP contribution >= 0.6 is 0 Å². The van der Waals surface area contributed by atoms with Crippen LogP contribution in [-0.4, -0.2) is 42.1 Å². The largest absolute Gasteiger partial charge is 0.464 e. The molecule has 1 heterocycles. The van der Waals surface area contributed by atoms with E-state index < -0.39 is 20.6 Å². The number of hydrogen-bond acceptors (Lipinski definition) is 6. The standard InChI is InChI=1S/C12H21N3O4S/c1-6-8-14-9(11(16)19-4)10(13)15(8)7-12(2,3)20(5,17)18/h6-7,13H2,1-5H3. The fourth-order valence-corrected chi connectivity index (χ4v) is 2.07. The van der Waals surface area contributed by atoms with Gasteiger partial charge in [-0.05, 0) is 13.8 Å². The van der Waals surface area contributed by atoms with Gasteiger partial charge in [0.2, 0.25) is 0 Å². The number of anilines is 1. The Kier molecular flexibility index (Phi) is 4.48. The van der Waals surface area contributed by atoms with E-state index in [4.69, 9.17) is 5.73 Å². The summed E-state index contributed by atoms with van der Waals surface area (Å²) >= 11 is 0. The average molecular weight is 303 g/mol. The highest BCUT2D eigenvalue weighted by Gasteiger charge is 2.33. The minimum absolute atomic E-state index is 0.0219. The van der Waals surface area contributed by atoms with Crippen LogP contribution < -0.4 is 5.73 Å². The van der Waals surface area contributed by atoms with Gasteiger partial charge in [-0.1, -0.05) is 6.92 Å². The van der Waals surface area contributed by atoms with Gasteiger partial charge in [-0.3, -0.25) is 0 Å². The van der Waals surface area contributed by atoms with Gasteiger partial charge in [0.1, 0.15) is 11.6 Å². The number of rotatable bonds is 5. The predicted octanol–water partition coefficient (Wildman–Crippen LogP) is 0.637. The molecule has 2 N–H and O–H groups in total. The van der Waals surface area contributed by atoms with Gasteiger partial charge in [-0.2, -0.15) is 0 Å². The molecule has 0 aliphatic heterocycles. The second kappa shape index (κ2) is 5.43. The van der Waals surface area contributed by atoms with Crippen molar-refractivity contribution in [1.29, 1.82) is 0 Å². The zero-order valence-corrected chi connectivity index (χ0v) is 13.2. The summed E-state index contributed by atoms with van der Waals surface area (Å²) in [5.41, 5.74) is 5.93. The number of methoxy groups -OCH3 is 1. The van der Waals surface area contributed by atoms with Crippen LogP contribution in [0.15, 0.2) is 0 Å². The van der Waals surface area contributed by atoms with Gasteiger partial charge in [-0.25, -0.2) is 18.2 Å². The van der Waals surface area contributed by atoms with E-state index in [0.717, 1.165) is 0 Å². The number of aryl methyl sites for hydroxylation is 1. The fourth-order valence-electron chi connectivity index (χ4n) is 1.70. The molecule has 0 unspecified atom stereocenters. The Balaban J connectivity index is 3.32. The third kappa shape index (κ3) is 2.95. The van der Waals surface area contributed by atoms with Gasteiger partial charge >= 0.3 is 5.97 Å². The van der Waals surface area contributed by atoms with Crippen molar-refractivity contribution in [2.75, 3.05) is 19.1 Å². The van der Waals surface area contributed by atoms with Crippen LogP contribution in [-0.2, 0) is 27.5 Å². The second-order valence-corrected chi connectivity index (χ2v) is 7.87. The molecular weight excluding hydrogens is 282 g/mol. The maximum absolute atomic E-state index is 11.8. The minimum Gasteiger partial charge on any atom is -0.464 e. The summed E-state index contributed by atoms with van der Waals surface area (Å²) in [6.45, 7) is 5.20. The van der Waals surface area contributed by atoms with E-state index in [1.165, 1.54) is 13.4 Å². The van der Waals surface area contributed by atoms with Crippen LogP contribution in [0.5, 0.6) is 0 Å². The number of nitrogen functional groups attached to an aromatic ring is 1. The third-order valence-corrected chi connectivity index (χ3v) is 5.46. The SMILES string of the molecule is CCc1nc(C(=O)OC)c(N)n1CC(C)(C)S(C)(=O)=O. The van der Waals surface area contributed by atoms with E-state index in [2.05, 4.69) is 9.72 Å². The van der Waals surface area contributed by atoms with E-state index in [1.807, 2.05) is 6.92 Å². The van der Waals surface area contributed by atoms with Gasteiger partial charge < -0.3 is 15.0 Å². The summed E-state index contributed by atoms with van der Waals surface area (Å²) in [6.07, 6.45) is 1.70. The summed E-state index contributed by atoms with van der Waals surface area (Å²) in [6, 6.07) is 0. The number of ether oxygens (including phenoxy) is 1. The van der Waals surface area contributed by atoms with Crippen LogP contribution in [0, 0.1) is 0 Å². The molecule has 0 atom stereocenters. The van der Waals surface area contributed by atoms with Crippen molar-refractivity contribution in [3.63, 3.8) is 0 Å². The lowest BCUT2D eigenvalue weighted by atomic mass is 10.2. The Morgan fingerprint density at radius 1 is 1.45 bits per heavy atom. The Morgan fingerprint density at radius 3 is 2.40 bits per heavy atom. The molecule has 20 heavy (non-hydrogen) atoms. The van der Waals surface area contributed by atoms with Crippen molar-refractivity contribution in [2.24, 2.45) is 0 Å². The Hall–Kier alpha value is -1.57. The number of hydrogen-bond donors (Lipinski definition) is 1. The van der Waals surface area contributed by atoms with Crippen LogP contribution in [0.1, 0.15) is 37.1 Å². The van der Waals surface area contributed by atoms with E-state index in [0.29, 0.717) is 12.2 Å². The molecule has 8 heteroatoms. The molecule has 0 aliphatic carbocycles. The monoisotopic (exact) mass is 303 g/mol. The van der Waals surface area contributed by atoms with Gasteiger partial charge in [0.15, 0.2) is 15.5 Å². The van der Waals surface area contributed by atoms with Crippen LogP contribution in [0.3, 0.4) is 0 Å². The lowest BCUT2D eigenvalue weighted by Gasteiger charge is -2.24. The quantitative estimate of drug-likeness (QED) is 0.800. The van der Waals surface area contributed by atoms with Crippen LogP contribution in [0.2, 0.25) is 0 Å². The maximum Gasteiger partial charge on any atom is 0.360 e. The molecule has 0 fully saturated rings. The summed E-state index contributed by atoms with van der Waals surface area (Å²) in [5.74, 6) is 0.0539. The summed E-state index contributed by atoms with van der Waals surface area (Å²) in [5, 5.41) is 0. The maximum atomic E-state index is 11.8. The Bertz CT molecular complexity index is 617. The number of nitrogens with zero attached hydrogens (tertiary/aromatic N) is 2. The van der Waals surface area contributed by atoms with E-state index in [1.54, 1.807) is 18.4 Å². The summed E-state index contributed by atoms with van der Waals surface area (Å²) < 4.78 is 28.8. The van der Waals surface area contributed by atoms with Crippen LogP contribution in [0.25, 0.3) is 0 Å². The van der Waals surface area contributed by atoms with Crippen molar-refractivity contribution in [2.45, 2.75) is 38.5 Å². The lowest BCUT2D eigenvalue weighted by molar-refractivity contribution is 0.0595. The predicted molar refractivity (Wildman–Crippen MR) is 76.3 cm³/mol. The van der Waals surface area contributed by atoms with Crippen molar-refractivity contribution in [1.82, 2.24) is 9.55 Å². The number of sulfone groups is 1. The molecule has 0 amide bonds. The number of aromatic nitrogens is 2. The normalized spacial score (nSPS) is 12.4. The van der Waals surface area contributed by atoms with Gasteiger partial charge in [0.05, 0.1) is 11.9 Å². The van der Waals surface area contributed by atoms with E-state index in [9.17, 15) is 13.2 Å².